The number of nitrogens with one attached hydrogen (secondary N) is 2. The van der Waals surface area contributed by atoms with Crippen LogP contribution < -0.4 is 10.6 Å². The molecular weight excluding hydrogens is 452 g/mol. The Kier molecular flexibility index (Phi) is 6.48. The number of rotatable bonds is 6. The maximum absolute atomic E-state index is 12.7. The number of hydrogen-bond donors (Lipinski definition) is 2. The molecule has 0 radical (unpaired) electrons. The normalized spacial score (nSPS) is 12.1. The molecule has 0 spiro atoms. The zero-order chi connectivity index (χ0) is 24.6. The van der Waals surface area contributed by atoms with Gasteiger partial charge in [-0.2, -0.15) is 5.10 Å². The highest BCUT2D eigenvalue weighted by atomic mass is 35.5. The van der Waals surface area contributed by atoms with Crippen LogP contribution in [0.3, 0.4) is 0 Å². The zero-order valence-corrected chi connectivity index (χ0v) is 20.6. The molecule has 2 amide bonds. The maximum atomic E-state index is 12.7. The predicted octanol–water partition coefficient (Wildman–Crippen LogP) is 5.90. The first-order chi connectivity index (χ1) is 16.1. The Morgan fingerprint density at radius 1 is 1.09 bits per heavy atom. The number of aryl methyl sites for hydroxylation is 4. The lowest BCUT2D eigenvalue weighted by Crippen LogP contribution is -2.25. The van der Waals surface area contributed by atoms with Gasteiger partial charge in [-0.25, -0.2) is 0 Å². The largest absolute Gasteiger partial charge is 0.464 e. The number of nitrogens with zero attached hydrogens (tertiary/aromatic N) is 2. The molecule has 0 fully saturated rings. The minimum Gasteiger partial charge on any atom is -0.464 e. The van der Waals surface area contributed by atoms with Crippen molar-refractivity contribution in [2.24, 2.45) is 0 Å². The van der Waals surface area contributed by atoms with Crippen molar-refractivity contribution in [2.45, 2.75) is 47.1 Å². The van der Waals surface area contributed by atoms with Crippen molar-refractivity contribution >= 4 is 45.8 Å². The molecule has 0 aliphatic carbocycles. The minimum atomic E-state index is -0.499. The van der Waals surface area contributed by atoms with Crippen LogP contribution in [0.5, 0.6) is 0 Å². The van der Waals surface area contributed by atoms with Gasteiger partial charge in [0.1, 0.15) is 11.6 Å². The van der Waals surface area contributed by atoms with Crippen molar-refractivity contribution < 1.29 is 14.0 Å². The summed E-state index contributed by atoms with van der Waals surface area (Å²) >= 11 is 6.39. The van der Waals surface area contributed by atoms with Crippen molar-refractivity contribution in [2.75, 3.05) is 10.6 Å². The average Bonchev–Trinajstić information content (AvgIpc) is 3.34. The summed E-state index contributed by atoms with van der Waals surface area (Å²) in [6, 6.07) is 10.4. The van der Waals surface area contributed by atoms with Gasteiger partial charge in [-0.15, -0.1) is 0 Å². The van der Waals surface area contributed by atoms with Gasteiger partial charge in [-0.1, -0.05) is 23.7 Å². The number of aromatic nitrogens is 2. The van der Waals surface area contributed by atoms with E-state index >= 15 is 0 Å². The molecule has 2 N–H and O–H groups in total. The van der Waals surface area contributed by atoms with Gasteiger partial charge in [0.25, 0.3) is 0 Å². The Hall–Kier alpha value is -3.58. The van der Waals surface area contributed by atoms with Gasteiger partial charge in [0.2, 0.25) is 11.8 Å². The second-order valence-electron chi connectivity index (χ2n) is 8.60. The first-order valence-corrected chi connectivity index (χ1v) is 11.4. The summed E-state index contributed by atoms with van der Waals surface area (Å²) in [5.74, 6) is -0.422. The number of carbonyl (C=O) groups is 2. The SMILES string of the molecule is Cc1cc(C)n(C(C)C(=O)Nc2ccc(NC(=O)Cc3coc4c(C)c(C)ccc34)cc2Cl)n1. The van der Waals surface area contributed by atoms with E-state index in [0.717, 1.165) is 39.0 Å². The van der Waals surface area contributed by atoms with E-state index in [1.807, 2.05) is 45.9 Å². The summed E-state index contributed by atoms with van der Waals surface area (Å²) in [6.45, 7) is 9.60. The van der Waals surface area contributed by atoms with E-state index < -0.39 is 6.04 Å². The molecule has 2 aromatic heterocycles. The van der Waals surface area contributed by atoms with Crippen molar-refractivity contribution in [3.8, 4) is 0 Å². The molecule has 7 nitrogen and oxygen atoms in total. The van der Waals surface area contributed by atoms with E-state index in [1.165, 1.54) is 0 Å². The molecule has 0 bridgehead atoms. The Morgan fingerprint density at radius 2 is 1.85 bits per heavy atom. The average molecular weight is 479 g/mol. The molecule has 176 valence electrons. The fourth-order valence-electron chi connectivity index (χ4n) is 3.98. The monoisotopic (exact) mass is 478 g/mol. The molecule has 34 heavy (non-hydrogen) atoms. The van der Waals surface area contributed by atoms with Gasteiger partial charge < -0.3 is 15.1 Å². The van der Waals surface area contributed by atoms with Crippen molar-refractivity contribution in [1.29, 1.82) is 0 Å². The summed E-state index contributed by atoms with van der Waals surface area (Å²) in [7, 11) is 0. The van der Waals surface area contributed by atoms with E-state index in [2.05, 4.69) is 15.7 Å². The smallest absolute Gasteiger partial charge is 0.248 e. The second kappa shape index (κ2) is 9.35. The first kappa shape index (κ1) is 23.6. The summed E-state index contributed by atoms with van der Waals surface area (Å²) in [4.78, 5) is 25.4. The summed E-state index contributed by atoms with van der Waals surface area (Å²) < 4.78 is 7.37. The fourth-order valence-corrected chi connectivity index (χ4v) is 4.21. The lowest BCUT2D eigenvalue weighted by Gasteiger charge is -2.16. The third-order valence-electron chi connectivity index (χ3n) is 5.99. The summed E-state index contributed by atoms with van der Waals surface area (Å²) in [5, 5.41) is 11.3. The Labute approximate surface area is 203 Å². The van der Waals surface area contributed by atoms with E-state index in [-0.39, 0.29) is 18.2 Å². The standard InChI is InChI=1S/C26H27ClN4O3/c1-14-6-8-21-19(13-34-25(21)17(14)4)11-24(32)28-20-7-9-23(22(27)12-20)29-26(33)18(5)31-16(3)10-15(2)30-31/h6-10,12-13,18H,11H2,1-5H3,(H,28,32)(H,29,33). The summed E-state index contributed by atoms with van der Waals surface area (Å²) in [6.07, 6.45) is 1.80. The van der Waals surface area contributed by atoms with Crippen molar-refractivity contribution in [1.82, 2.24) is 9.78 Å². The van der Waals surface area contributed by atoms with E-state index in [9.17, 15) is 9.59 Å². The highest BCUT2D eigenvalue weighted by Crippen LogP contribution is 2.29. The predicted molar refractivity (Wildman–Crippen MR) is 135 cm³/mol. The number of furan rings is 1. The summed E-state index contributed by atoms with van der Waals surface area (Å²) in [5.41, 5.74) is 6.60. The quantitative estimate of drug-likeness (QED) is 0.361. The number of amides is 2. The molecule has 2 aromatic carbocycles. The number of anilines is 2. The fraction of sp³-hybridized carbons (Fsp3) is 0.269. The molecule has 1 unspecified atom stereocenters. The first-order valence-electron chi connectivity index (χ1n) is 11.0. The van der Waals surface area contributed by atoms with Crippen LogP contribution in [0.4, 0.5) is 11.4 Å². The van der Waals surface area contributed by atoms with Crippen LogP contribution in [0.2, 0.25) is 5.02 Å². The number of carbonyl (C=O) groups excluding carboxylic acids is 2. The lowest BCUT2D eigenvalue weighted by molar-refractivity contribution is -0.119. The Balaban J connectivity index is 1.42. The van der Waals surface area contributed by atoms with E-state index in [1.54, 1.807) is 36.1 Å². The highest BCUT2D eigenvalue weighted by Gasteiger charge is 2.19. The van der Waals surface area contributed by atoms with Gasteiger partial charge in [0.15, 0.2) is 0 Å². The van der Waals surface area contributed by atoms with Crippen LogP contribution in [0, 0.1) is 27.7 Å². The van der Waals surface area contributed by atoms with Gasteiger partial charge >= 0.3 is 0 Å². The van der Waals surface area contributed by atoms with Gasteiger partial charge in [-0.05, 0) is 70.0 Å². The minimum absolute atomic E-state index is 0.172. The van der Waals surface area contributed by atoms with Crippen molar-refractivity contribution in [3.05, 3.63) is 75.8 Å². The topological polar surface area (TPSA) is 89.2 Å². The number of halogens is 1. The number of fused-ring (bicyclic) bond motifs is 1. The van der Waals surface area contributed by atoms with Crippen LogP contribution in [0.25, 0.3) is 11.0 Å². The second-order valence-corrected chi connectivity index (χ2v) is 9.01. The molecule has 0 aliphatic heterocycles. The zero-order valence-electron chi connectivity index (χ0n) is 19.8. The molecule has 1 atom stereocenters. The van der Waals surface area contributed by atoms with Crippen LogP contribution in [-0.4, -0.2) is 21.6 Å². The third kappa shape index (κ3) is 4.70. The molecule has 4 rings (SSSR count). The Bertz CT molecular complexity index is 1400. The van der Waals surface area contributed by atoms with Crippen LogP contribution >= 0.6 is 11.6 Å². The molecular formula is C26H27ClN4O3. The number of hydrogen-bond acceptors (Lipinski definition) is 4. The van der Waals surface area contributed by atoms with Crippen LogP contribution in [-0.2, 0) is 16.0 Å². The molecule has 4 aromatic rings. The highest BCUT2D eigenvalue weighted by molar-refractivity contribution is 6.34. The molecule has 0 saturated carbocycles. The lowest BCUT2D eigenvalue weighted by atomic mass is 10.0. The van der Waals surface area contributed by atoms with Gasteiger partial charge in [0.05, 0.1) is 29.1 Å². The van der Waals surface area contributed by atoms with Gasteiger partial charge in [-0.3, -0.25) is 14.3 Å². The van der Waals surface area contributed by atoms with E-state index in [0.29, 0.717) is 16.4 Å². The molecule has 0 aliphatic rings. The number of benzene rings is 2. The Morgan fingerprint density at radius 3 is 2.53 bits per heavy atom. The molecule has 8 heteroatoms. The van der Waals surface area contributed by atoms with Crippen LogP contribution in [0.1, 0.15) is 41.0 Å². The third-order valence-corrected chi connectivity index (χ3v) is 6.31. The molecule has 2 heterocycles. The van der Waals surface area contributed by atoms with Crippen LogP contribution in [0.15, 0.2) is 47.1 Å². The maximum Gasteiger partial charge on any atom is 0.248 e. The van der Waals surface area contributed by atoms with Crippen molar-refractivity contribution in [3.63, 3.8) is 0 Å². The molecule has 0 saturated heterocycles. The van der Waals surface area contributed by atoms with Gasteiger partial charge in [0, 0.05) is 22.3 Å². The van der Waals surface area contributed by atoms with E-state index in [4.69, 9.17) is 16.0 Å².